The largest absolute Gasteiger partial charge is 0.460 e. The molecule has 1 atom stereocenters. The highest BCUT2D eigenvalue weighted by Crippen LogP contribution is 2.40. The molecule has 6 nitrogen and oxygen atoms in total. The van der Waals surface area contributed by atoms with Gasteiger partial charge < -0.3 is 14.4 Å². The molecule has 1 heterocycles. The molecule has 1 aliphatic rings. The number of esters is 1. The molecule has 126 valence electrons. The number of Topliss-reactive ketones (excluding diaryl/α,β-unsaturated/α-hetero) is 2. The molecule has 6 heteroatoms. The zero-order valence-electron chi connectivity index (χ0n) is 13.7. The number of hydrogen-bond donors (Lipinski definition) is 1. The molecule has 3 rings (SSSR count). The number of fused-ring (bicyclic) bond motifs is 3. The third-order valence-corrected chi connectivity index (χ3v) is 4.84. The molecule has 1 unspecified atom stereocenters. The SMILES string of the molecule is CCOC(=O)C(=O)C1(CO)CCc2c(c3ccccc3n2C)C1=O. The highest BCUT2D eigenvalue weighted by atomic mass is 16.5. The van der Waals surface area contributed by atoms with Gasteiger partial charge in [0.15, 0.2) is 5.78 Å². The average Bonchev–Trinajstić information content (AvgIpc) is 2.89. The highest BCUT2D eigenvalue weighted by molar-refractivity contribution is 6.42. The van der Waals surface area contributed by atoms with Crippen molar-refractivity contribution in [2.45, 2.75) is 19.8 Å². The molecular weight excluding hydrogens is 310 g/mol. The Morgan fingerprint density at radius 3 is 2.71 bits per heavy atom. The van der Waals surface area contributed by atoms with Gasteiger partial charge in [0.1, 0.15) is 5.41 Å². The molecule has 1 aromatic heterocycles. The molecule has 0 saturated carbocycles. The van der Waals surface area contributed by atoms with Gasteiger partial charge in [-0.15, -0.1) is 0 Å². The van der Waals surface area contributed by atoms with Crippen LogP contribution in [0.3, 0.4) is 0 Å². The normalized spacial score (nSPS) is 20.0. The van der Waals surface area contributed by atoms with E-state index in [1.165, 1.54) is 0 Å². The number of carbonyl (C=O) groups excluding carboxylic acids is 3. The van der Waals surface area contributed by atoms with E-state index in [9.17, 15) is 19.5 Å². The second-order valence-corrected chi connectivity index (χ2v) is 6.02. The number of aliphatic hydroxyl groups excluding tert-OH is 1. The lowest BCUT2D eigenvalue weighted by Crippen LogP contribution is -2.49. The zero-order chi connectivity index (χ0) is 17.5. The minimum Gasteiger partial charge on any atom is -0.460 e. The maximum atomic E-state index is 13.1. The highest BCUT2D eigenvalue weighted by Gasteiger charge is 2.52. The molecule has 0 aliphatic heterocycles. The number of aromatic nitrogens is 1. The molecule has 2 aromatic rings. The first-order valence-electron chi connectivity index (χ1n) is 7.91. The van der Waals surface area contributed by atoms with E-state index in [0.29, 0.717) is 12.0 Å². The Bertz CT molecular complexity index is 850. The van der Waals surface area contributed by atoms with Crippen LogP contribution in [0.4, 0.5) is 0 Å². The van der Waals surface area contributed by atoms with Crippen molar-refractivity contribution < 1.29 is 24.2 Å². The molecular formula is C18H19NO5. The predicted molar refractivity (Wildman–Crippen MR) is 86.7 cm³/mol. The van der Waals surface area contributed by atoms with E-state index in [1.807, 2.05) is 35.9 Å². The Hall–Kier alpha value is -2.47. The summed E-state index contributed by atoms with van der Waals surface area (Å²) in [5.74, 6) is -2.53. The number of aryl methyl sites for hydroxylation is 1. The molecule has 1 aliphatic carbocycles. The summed E-state index contributed by atoms with van der Waals surface area (Å²) in [6.45, 7) is 0.925. The van der Waals surface area contributed by atoms with Crippen LogP contribution in [0.2, 0.25) is 0 Å². The standard InChI is InChI=1S/C18H19NO5/c1-3-24-17(23)16(22)18(10-20)9-8-13-14(15(18)21)11-6-4-5-7-12(11)19(13)2/h4-7,20H,3,8-10H2,1-2H3. The number of nitrogens with zero attached hydrogens (tertiary/aromatic N) is 1. The Morgan fingerprint density at radius 1 is 1.33 bits per heavy atom. The minimum atomic E-state index is -1.75. The van der Waals surface area contributed by atoms with Crippen LogP contribution >= 0.6 is 0 Å². The quantitative estimate of drug-likeness (QED) is 0.521. The van der Waals surface area contributed by atoms with Gasteiger partial charge in [-0.1, -0.05) is 18.2 Å². The fourth-order valence-corrected chi connectivity index (χ4v) is 3.51. The summed E-state index contributed by atoms with van der Waals surface area (Å²) in [5.41, 5.74) is 0.379. The van der Waals surface area contributed by atoms with E-state index in [1.54, 1.807) is 6.92 Å². The minimum absolute atomic E-state index is 0.0415. The van der Waals surface area contributed by atoms with E-state index in [-0.39, 0.29) is 13.0 Å². The molecule has 24 heavy (non-hydrogen) atoms. The van der Waals surface area contributed by atoms with E-state index >= 15 is 0 Å². The lowest BCUT2D eigenvalue weighted by atomic mass is 9.69. The predicted octanol–water partition coefficient (Wildman–Crippen LogP) is 1.42. The number of ether oxygens (including phenoxy) is 1. The Morgan fingerprint density at radius 2 is 2.04 bits per heavy atom. The molecule has 0 radical (unpaired) electrons. The Kier molecular flexibility index (Phi) is 4.01. The smallest absolute Gasteiger partial charge is 0.375 e. The molecule has 0 saturated heterocycles. The van der Waals surface area contributed by atoms with Gasteiger partial charge in [0.25, 0.3) is 5.78 Å². The van der Waals surface area contributed by atoms with Gasteiger partial charge in [0.05, 0.1) is 13.2 Å². The summed E-state index contributed by atoms with van der Waals surface area (Å²) < 4.78 is 6.69. The van der Waals surface area contributed by atoms with Crippen LogP contribution in [0.5, 0.6) is 0 Å². The first-order valence-corrected chi connectivity index (χ1v) is 7.91. The van der Waals surface area contributed by atoms with Crippen LogP contribution in [0, 0.1) is 5.41 Å². The van der Waals surface area contributed by atoms with Crippen LogP contribution < -0.4 is 0 Å². The Balaban J connectivity index is 2.16. The van der Waals surface area contributed by atoms with E-state index < -0.39 is 29.6 Å². The maximum absolute atomic E-state index is 13.1. The molecule has 0 fully saturated rings. The zero-order valence-corrected chi connectivity index (χ0v) is 13.7. The fraction of sp³-hybridized carbons (Fsp3) is 0.389. The van der Waals surface area contributed by atoms with E-state index in [2.05, 4.69) is 0 Å². The fourth-order valence-electron chi connectivity index (χ4n) is 3.51. The van der Waals surface area contributed by atoms with Crippen LogP contribution in [0.25, 0.3) is 10.9 Å². The number of rotatable bonds is 4. The number of benzene rings is 1. The van der Waals surface area contributed by atoms with Gasteiger partial charge in [-0.2, -0.15) is 0 Å². The monoisotopic (exact) mass is 329 g/mol. The van der Waals surface area contributed by atoms with Crippen molar-refractivity contribution in [1.82, 2.24) is 4.57 Å². The summed E-state index contributed by atoms with van der Waals surface area (Å²) >= 11 is 0. The lowest BCUT2D eigenvalue weighted by Gasteiger charge is -2.32. The van der Waals surface area contributed by atoms with Gasteiger partial charge in [-0.05, 0) is 25.8 Å². The summed E-state index contributed by atoms with van der Waals surface area (Å²) in [6.07, 6.45) is 0.523. The van der Waals surface area contributed by atoms with Crippen LogP contribution in [-0.2, 0) is 27.8 Å². The summed E-state index contributed by atoms with van der Waals surface area (Å²) in [7, 11) is 1.87. The second kappa shape index (κ2) is 5.87. The topological polar surface area (TPSA) is 85.6 Å². The van der Waals surface area contributed by atoms with Gasteiger partial charge in [-0.3, -0.25) is 9.59 Å². The molecule has 0 bridgehead atoms. The van der Waals surface area contributed by atoms with Gasteiger partial charge in [0.2, 0.25) is 0 Å². The summed E-state index contributed by atoms with van der Waals surface area (Å²) in [6, 6.07) is 7.41. The molecule has 0 spiro atoms. The number of aliphatic hydroxyl groups is 1. The van der Waals surface area contributed by atoms with E-state index in [4.69, 9.17) is 4.74 Å². The summed E-state index contributed by atoms with van der Waals surface area (Å²) in [5, 5.41) is 10.6. The van der Waals surface area contributed by atoms with Crippen molar-refractivity contribution in [3.63, 3.8) is 0 Å². The van der Waals surface area contributed by atoms with Gasteiger partial charge in [-0.25, -0.2) is 4.79 Å². The second-order valence-electron chi connectivity index (χ2n) is 6.02. The first-order chi connectivity index (χ1) is 11.5. The van der Waals surface area contributed by atoms with Crippen molar-refractivity contribution >= 4 is 28.4 Å². The molecule has 0 amide bonds. The number of carbonyl (C=O) groups is 3. The average molecular weight is 329 g/mol. The maximum Gasteiger partial charge on any atom is 0.375 e. The number of hydrogen-bond acceptors (Lipinski definition) is 5. The van der Waals surface area contributed by atoms with Crippen LogP contribution in [0.1, 0.15) is 29.4 Å². The Labute approximate surface area is 139 Å². The first kappa shape index (κ1) is 16.4. The van der Waals surface area contributed by atoms with Crippen LogP contribution in [-0.4, -0.2) is 40.4 Å². The van der Waals surface area contributed by atoms with Gasteiger partial charge in [0, 0.05) is 29.2 Å². The van der Waals surface area contributed by atoms with Crippen molar-refractivity contribution in [1.29, 1.82) is 0 Å². The van der Waals surface area contributed by atoms with E-state index in [0.717, 1.165) is 16.6 Å². The van der Waals surface area contributed by atoms with Crippen molar-refractivity contribution in [2.24, 2.45) is 12.5 Å². The third-order valence-electron chi connectivity index (χ3n) is 4.84. The van der Waals surface area contributed by atoms with Crippen LogP contribution in [0.15, 0.2) is 24.3 Å². The molecule has 1 N–H and O–H groups in total. The van der Waals surface area contributed by atoms with Crippen molar-refractivity contribution in [2.75, 3.05) is 13.2 Å². The lowest BCUT2D eigenvalue weighted by molar-refractivity contribution is -0.158. The number of para-hydroxylation sites is 1. The van der Waals surface area contributed by atoms with Gasteiger partial charge >= 0.3 is 5.97 Å². The van der Waals surface area contributed by atoms with Crippen molar-refractivity contribution in [3.8, 4) is 0 Å². The van der Waals surface area contributed by atoms with Crippen molar-refractivity contribution in [3.05, 3.63) is 35.5 Å². The molecule has 1 aromatic carbocycles. The third kappa shape index (κ3) is 2.10. The number of ketones is 2. The summed E-state index contributed by atoms with van der Waals surface area (Å²) in [4.78, 5) is 37.6.